The Morgan fingerprint density at radius 2 is 2.00 bits per heavy atom. The summed E-state index contributed by atoms with van der Waals surface area (Å²) in [5.74, 6) is 1.22. The summed E-state index contributed by atoms with van der Waals surface area (Å²) in [6.45, 7) is 4.60. The van der Waals surface area contributed by atoms with Gasteiger partial charge < -0.3 is 16.2 Å². The minimum absolute atomic E-state index is 0.236. The summed E-state index contributed by atoms with van der Waals surface area (Å²) in [4.78, 5) is 8.19. The summed E-state index contributed by atoms with van der Waals surface area (Å²) in [6, 6.07) is 0. The normalized spacial score (nSPS) is 10.7. The maximum atomic E-state index is 5.65. The second kappa shape index (κ2) is 4.93. The number of nitrogen functional groups attached to an aromatic ring is 1. The number of anilines is 1. The minimum atomic E-state index is 0.236. The Labute approximate surface area is 89.9 Å². The zero-order valence-electron chi connectivity index (χ0n) is 9.45. The minimum Gasteiger partial charge on any atom is -0.481 e. The highest BCUT2D eigenvalue weighted by Gasteiger charge is 2.13. The maximum absolute atomic E-state index is 5.65. The quantitative estimate of drug-likeness (QED) is 0.764. The lowest BCUT2D eigenvalue weighted by Crippen LogP contribution is -2.12. The van der Waals surface area contributed by atoms with E-state index in [0.29, 0.717) is 18.3 Å². The highest BCUT2D eigenvalue weighted by Crippen LogP contribution is 2.21. The van der Waals surface area contributed by atoms with Crippen molar-refractivity contribution in [3.63, 3.8) is 0 Å². The van der Waals surface area contributed by atoms with Crippen LogP contribution in [0.3, 0.4) is 0 Å². The first-order chi connectivity index (χ1) is 7.08. The largest absolute Gasteiger partial charge is 0.481 e. The average Bonchev–Trinajstić information content (AvgIpc) is 2.15. The molecule has 1 aromatic rings. The average molecular weight is 210 g/mol. The zero-order valence-corrected chi connectivity index (χ0v) is 9.45. The van der Waals surface area contributed by atoms with Gasteiger partial charge in [-0.1, -0.05) is 13.8 Å². The van der Waals surface area contributed by atoms with Gasteiger partial charge in [0, 0.05) is 12.1 Å². The Balaban J connectivity index is 3.16. The number of ether oxygens (including phenoxy) is 1. The zero-order chi connectivity index (χ0) is 11.4. The molecular weight excluding hydrogens is 192 g/mol. The van der Waals surface area contributed by atoms with Crippen LogP contribution in [0.5, 0.6) is 5.88 Å². The Morgan fingerprint density at radius 3 is 2.47 bits per heavy atom. The van der Waals surface area contributed by atoms with Gasteiger partial charge in [0.05, 0.1) is 12.8 Å². The highest BCUT2D eigenvalue weighted by molar-refractivity contribution is 5.36. The lowest BCUT2D eigenvalue weighted by Gasteiger charge is -2.12. The molecular formula is C10H18N4O. The molecule has 4 N–H and O–H groups in total. The van der Waals surface area contributed by atoms with E-state index in [9.17, 15) is 0 Å². The van der Waals surface area contributed by atoms with Gasteiger partial charge in [0.1, 0.15) is 0 Å². The van der Waals surface area contributed by atoms with Gasteiger partial charge in [-0.25, -0.2) is 4.98 Å². The Hall–Kier alpha value is -1.36. The molecule has 0 saturated carbocycles. The van der Waals surface area contributed by atoms with Gasteiger partial charge in [-0.2, -0.15) is 4.98 Å². The number of nitrogens with two attached hydrogens (primary N) is 2. The van der Waals surface area contributed by atoms with Crippen LogP contribution >= 0.6 is 0 Å². The SMILES string of the molecule is COc1nc(N)nc(CC(C)C)c1CN. The molecule has 1 aromatic heterocycles. The van der Waals surface area contributed by atoms with E-state index in [0.717, 1.165) is 17.7 Å². The van der Waals surface area contributed by atoms with Crippen molar-refractivity contribution in [2.45, 2.75) is 26.8 Å². The third-order valence-corrected chi connectivity index (χ3v) is 2.07. The summed E-state index contributed by atoms with van der Waals surface area (Å²) in [5, 5.41) is 0. The summed E-state index contributed by atoms with van der Waals surface area (Å²) in [5.41, 5.74) is 13.0. The molecule has 0 fully saturated rings. The number of nitrogens with zero attached hydrogens (tertiary/aromatic N) is 2. The van der Waals surface area contributed by atoms with Crippen molar-refractivity contribution < 1.29 is 4.74 Å². The second-order valence-corrected chi connectivity index (χ2v) is 3.82. The van der Waals surface area contributed by atoms with Crippen LogP contribution < -0.4 is 16.2 Å². The predicted molar refractivity (Wildman–Crippen MR) is 59.4 cm³/mol. The molecule has 5 nitrogen and oxygen atoms in total. The standard InChI is InChI=1S/C10H18N4O/c1-6(2)4-8-7(5-11)9(15-3)14-10(12)13-8/h6H,4-5,11H2,1-3H3,(H2,12,13,14). The van der Waals surface area contributed by atoms with Crippen molar-refractivity contribution >= 4 is 5.95 Å². The number of hydrogen-bond acceptors (Lipinski definition) is 5. The fourth-order valence-corrected chi connectivity index (χ4v) is 1.46. The van der Waals surface area contributed by atoms with Gasteiger partial charge >= 0.3 is 0 Å². The van der Waals surface area contributed by atoms with Crippen LogP contribution in [0.2, 0.25) is 0 Å². The number of aromatic nitrogens is 2. The molecule has 0 amide bonds. The van der Waals surface area contributed by atoms with E-state index >= 15 is 0 Å². The summed E-state index contributed by atoms with van der Waals surface area (Å²) in [6.07, 6.45) is 0.829. The van der Waals surface area contributed by atoms with Gasteiger partial charge in [0.2, 0.25) is 11.8 Å². The van der Waals surface area contributed by atoms with E-state index in [1.165, 1.54) is 0 Å². The van der Waals surface area contributed by atoms with Gasteiger partial charge in [-0.15, -0.1) is 0 Å². The third-order valence-electron chi connectivity index (χ3n) is 2.07. The van der Waals surface area contributed by atoms with Crippen molar-refractivity contribution in [1.82, 2.24) is 9.97 Å². The molecule has 0 aliphatic heterocycles. The molecule has 84 valence electrons. The van der Waals surface area contributed by atoms with Crippen LogP contribution in [-0.2, 0) is 13.0 Å². The van der Waals surface area contributed by atoms with Gasteiger partial charge in [-0.05, 0) is 12.3 Å². The topological polar surface area (TPSA) is 87.0 Å². The molecule has 0 saturated heterocycles. The van der Waals surface area contributed by atoms with Crippen LogP contribution in [0, 0.1) is 5.92 Å². The van der Waals surface area contributed by atoms with Crippen molar-refractivity contribution in [2.75, 3.05) is 12.8 Å². The second-order valence-electron chi connectivity index (χ2n) is 3.82. The Kier molecular flexibility index (Phi) is 3.85. The van der Waals surface area contributed by atoms with E-state index in [1.54, 1.807) is 7.11 Å². The molecule has 0 aliphatic carbocycles. The molecule has 0 spiro atoms. The molecule has 5 heteroatoms. The van der Waals surface area contributed by atoms with Crippen molar-refractivity contribution in [3.05, 3.63) is 11.3 Å². The van der Waals surface area contributed by atoms with E-state index in [2.05, 4.69) is 23.8 Å². The van der Waals surface area contributed by atoms with Crippen LogP contribution in [0.1, 0.15) is 25.1 Å². The lowest BCUT2D eigenvalue weighted by atomic mass is 10.0. The van der Waals surface area contributed by atoms with E-state index in [1.807, 2.05) is 0 Å². The van der Waals surface area contributed by atoms with Crippen LogP contribution in [-0.4, -0.2) is 17.1 Å². The predicted octanol–water partition coefficient (Wildman–Crippen LogP) is 0.725. The van der Waals surface area contributed by atoms with Crippen LogP contribution in [0.25, 0.3) is 0 Å². The van der Waals surface area contributed by atoms with Gasteiger partial charge in [0.25, 0.3) is 0 Å². The first-order valence-corrected chi connectivity index (χ1v) is 4.97. The van der Waals surface area contributed by atoms with E-state index < -0.39 is 0 Å². The first-order valence-electron chi connectivity index (χ1n) is 4.97. The Bertz CT molecular complexity index is 338. The van der Waals surface area contributed by atoms with Crippen molar-refractivity contribution in [3.8, 4) is 5.88 Å². The third kappa shape index (κ3) is 2.79. The van der Waals surface area contributed by atoms with Crippen molar-refractivity contribution in [1.29, 1.82) is 0 Å². The van der Waals surface area contributed by atoms with Crippen LogP contribution in [0.15, 0.2) is 0 Å². The fraction of sp³-hybridized carbons (Fsp3) is 0.600. The lowest BCUT2D eigenvalue weighted by molar-refractivity contribution is 0.390. The van der Waals surface area contributed by atoms with Crippen molar-refractivity contribution in [2.24, 2.45) is 11.7 Å². The first kappa shape index (κ1) is 11.7. The highest BCUT2D eigenvalue weighted by atomic mass is 16.5. The summed E-state index contributed by atoms with van der Waals surface area (Å²) >= 11 is 0. The fourth-order valence-electron chi connectivity index (χ4n) is 1.46. The maximum Gasteiger partial charge on any atom is 0.223 e. The smallest absolute Gasteiger partial charge is 0.223 e. The summed E-state index contributed by atoms with van der Waals surface area (Å²) < 4.78 is 5.13. The molecule has 1 rings (SSSR count). The van der Waals surface area contributed by atoms with E-state index in [-0.39, 0.29) is 5.95 Å². The van der Waals surface area contributed by atoms with Crippen LogP contribution in [0.4, 0.5) is 5.95 Å². The molecule has 15 heavy (non-hydrogen) atoms. The van der Waals surface area contributed by atoms with Gasteiger partial charge in [0.15, 0.2) is 0 Å². The number of hydrogen-bond donors (Lipinski definition) is 2. The monoisotopic (exact) mass is 210 g/mol. The molecule has 0 atom stereocenters. The van der Waals surface area contributed by atoms with Gasteiger partial charge in [-0.3, -0.25) is 0 Å². The van der Waals surface area contributed by atoms with E-state index in [4.69, 9.17) is 16.2 Å². The molecule has 0 radical (unpaired) electrons. The molecule has 1 heterocycles. The molecule has 0 aliphatic rings. The molecule has 0 bridgehead atoms. The molecule has 0 aromatic carbocycles. The Morgan fingerprint density at radius 1 is 1.33 bits per heavy atom. The molecule has 0 unspecified atom stereocenters. The number of methoxy groups -OCH3 is 1. The number of rotatable bonds is 4. The summed E-state index contributed by atoms with van der Waals surface area (Å²) in [7, 11) is 1.56.